The minimum absolute atomic E-state index is 0.0455. The average molecular weight is 252 g/mol. The van der Waals surface area contributed by atoms with Gasteiger partial charge in [0.25, 0.3) is 0 Å². The molecule has 1 heterocycles. The lowest BCUT2D eigenvalue weighted by atomic mass is 9.99. The summed E-state index contributed by atoms with van der Waals surface area (Å²) in [4.78, 5) is 0. The summed E-state index contributed by atoms with van der Waals surface area (Å²) in [6.07, 6.45) is 3.67. The van der Waals surface area contributed by atoms with Crippen LogP contribution in [0.5, 0.6) is 0 Å². The fraction of sp³-hybridized carbons (Fsp3) is 0.846. The molecule has 1 unspecified atom stereocenters. The third kappa shape index (κ3) is 3.22. The van der Waals surface area contributed by atoms with Gasteiger partial charge in [0.05, 0.1) is 6.04 Å². The summed E-state index contributed by atoms with van der Waals surface area (Å²) in [5.41, 5.74) is 0.0455. The van der Waals surface area contributed by atoms with Crippen LogP contribution in [0.15, 0.2) is 4.42 Å². The van der Waals surface area contributed by atoms with E-state index in [1.165, 1.54) is 12.8 Å². The Bertz CT molecular complexity index is 384. The van der Waals surface area contributed by atoms with Crippen molar-refractivity contribution < 1.29 is 4.42 Å². The first-order valence-electron chi connectivity index (χ1n) is 6.88. The summed E-state index contributed by atoms with van der Waals surface area (Å²) in [6.45, 7) is 9.51. The molecule has 0 saturated heterocycles. The molecule has 5 heteroatoms. The lowest BCUT2D eigenvalue weighted by molar-refractivity contribution is 0.407. The Hall–Kier alpha value is -1.10. The van der Waals surface area contributed by atoms with Crippen LogP contribution in [-0.2, 0) is 0 Å². The second kappa shape index (κ2) is 5.26. The molecule has 0 radical (unpaired) electrons. The normalized spacial score (nSPS) is 17.8. The molecule has 2 N–H and O–H groups in total. The molecule has 2 rings (SSSR count). The third-order valence-electron chi connectivity index (χ3n) is 3.54. The van der Waals surface area contributed by atoms with Crippen molar-refractivity contribution in [3.63, 3.8) is 0 Å². The van der Waals surface area contributed by atoms with E-state index in [4.69, 9.17) is 4.42 Å². The minimum Gasteiger partial charge on any atom is -0.406 e. The lowest BCUT2D eigenvalue weighted by Gasteiger charge is -2.24. The number of nitrogens with one attached hydrogen (secondary N) is 2. The van der Waals surface area contributed by atoms with Crippen LogP contribution in [0.2, 0.25) is 0 Å². The zero-order chi connectivity index (χ0) is 13.2. The van der Waals surface area contributed by atoms with Crippen LogP contribution in [0.1, 0.15) is 58.9 Å². The van der Waals surface area contributed by atoms with Crippen molar-refractivity contribution in [2.24, 2.45) is 5.92 Å². The van der Waals surface area contributed by atoms with E-state index >= 15 is 0 Å². The van der Waals surface area contributed by atoms with Crippen LogP contribution in [0, 0.1) is 5.92 Å². The first-order valence-corrected chi connectivity index (χ1v) is 6.88. The van der Waals surface area contributed by atoms with Gasteiger partial charge in [0.2, 0.25) is 5.89 Å². The van der Waals surface area contributed by atoms with Crippen molar-refractivity contribution in [2.75, 3.05) is 11.9 Å². The monoisotopic (exact) mass is 252 g/mol. The van der Waals surface area contributed by atoms with Crippen LogP contribution >= 0.6 is 0 Å². The molecule has 1 fully saturated rings. The van der Waals surface area contributed by atoms with Gasteiger partial charge in [0, 0.05) is 5.54 Å². The maximum absolute atomic E-state index is 5.66. The summed E-state index contributed by atoms with van der Waals surface area (Å²) in [5, 5.41) is 14.8. The number of nitrogens with zero attached hydrogens (tertiary/aromatic N) is 2. The SMILES string of the molecule is CCCNC(C)c1nnc(NC(C)(C)C2CC2)o1. The number of rotatable bonds is 7. The molecule has 5 nitrogen and oxygen atoms in total. The minimum atomic E-state index is 0.0455. The van der Waals surface area contributed by atoms with Gasteiger partial charge in [-0.3, -0.25) is 0 Å². The summed E-state index contributed by atoms with van der Waals surface area (Å²) >= 11 is 0. The van der Waals surface area contributed by atoms with Gasteiger partial charge in [-0.25, -0.2) is 0 Å². The van der Waals surface area contributed by atoms with E-state index in [0.29, 0.717) is 11.9 Å². The van der Waals surface area contributed by atoms with Crippen molar-refractivity contribution in [2.45, 2.75) is 58.5 Å². The fourth-order valence-corrected chi connectivity index (χ4v) is 2.09. The van der Waals surface area contributed by atoms with Gasteiger partial charge in [0.1, 0.15) is 0 Å². The molecule has 1 aliphatic rings. The quantitative estimate of drug-likeness (QED) is 0.781. The zero-order valence-corrected chi connectivity index (χ0v) is 11.8. The van der Waals surface area contributed by atoms with Crippen LogP contribution in [0.4, 0.5) is 6.01 Å². The highest BCUT2D eigenvalue weighted by molar-refractivity contribution is 5.25. The van der Waals surface area contributed by atoms with Gasteiger partial charge in [-0.1, -0.05) is 12.0 Å². The highest BCUT2D eigenvalue weighted by Crippen LogP contribution is 2.40. The summed E-state index contributed by atoms with van der Waals surface area (Å²) in [5.74, 6) is 1.38. The molecule has 0 bridgehead atoms. The Kier molecular flexibility index (Phi) is 3.90. The van der Waals surface area contributed by atoms with Gasteiger partial charge >= 0.3 is 6.01 Å². The van der Waals surface area contributed by atoms with Crippen LogP contribution in [0.3, 0.4) is 0 Å². The lowest BCUT2D eigenvalue weighted by Crippen LogP contribution is -2.33. The molecule has 102 valence electrons. The van der Waals surface area contributed by atoms with Crippen molar-refractivity contribution in [1.82, 2.24) is 15.5 Å². The maximum atomic E-state index is 5.66. The molecule has 1 atom stereocenters. The molecule has 0 amide bonds. The number of hydrogen-bond acceptors (Lipinski definition) is 5. The molecule has 1 aliphatic carbocycles. The van der Waals surface area contributed by atoms with E-state index in [2.05, 4.69) is 41.6 Å². The molecule has 0 aliphatic heterocycles. The van der Waals surface area contributed by atoms with E-state index in [0.717, 1.165) is 18.9 Å². The highest BCUT2D eigenvalue weighted by atomic mass is 16.4. The number of anilines is 1. The highest BCUT2D eigenvalue weighted by Gasteiger charge is 2.38. The largest absolute Gasteiger partial charge is 0.406 e. The third-order valence-corrected chi connectivity index (χ3v) is 3.54. The van der Waals surface area contributed by atoms with Crippen molar-refractivity contribution >= 4 is 6.01 Å². The molecule has 1 aromatic heterocycles. The average Bonchev–Trinajstić information content (AvgIpc) is 3.09. The topological polar surface area (TPSA) is 63.0 Å². The van der Waals surface area contributed by atoms with Crippen LogP contribution < -0.4 is 10.6 Å². The molecule has 1 saturated carbocycles. The standard InChI is InChI=1S/C13H24N4O/c1-5-8-14-9(2)11-16-17-12(18-11)15-13(3,4)10-6-7-10/h9-10,14H,5-8H2,1-4H3,(H,15,17). The second-order valence-electron chi connectivity index (χ2n) is 5.74. The molecule has 18 heavy (non-hydrogen) atoms. The van der Waals surface area contributed by atoms with Crippen molar-refractivity contribution in [3.05, 3.63) is 5.89 Å². The van der Waals surface area contributed by atoms with Crippen LogP contribution in [0.25, 0.3) is 0 Å². The summed E-state index contributed by atoms with van der Waals surface area (Å²) in [7, 11) is 0. The van der Waals surface area contributed by atoms with Crippen molar-refractivity contribution in [3.8, 4) is 0 Å². The fourth-order valence-electron chi connectivity index (χ4n) is 2.09. The second-order valence-corrected chi connectivity index (χ2v) is 5.74. The Morgan fingerprint density at radius 3 is 2.72 bits per heavy atom. The molecular weight excluding hydrogens is 228 g/mol. The molecule has 0 aromatic carbocycles. The van der Waals surface area contributed by atoms with Crippen molar-refractivity contribution in [1.29, 1.82) is 0 Å². The summed E-state index contributed by atoms with van der Waals surface area (Å²) < 4.78 is 5.66. The van der Waals surface area contributed by atoms with E-state index in [-0.39, 0.29) is 11.6 Å². The number of aromatic nitrogens is 2. The maximum Gasteiger partial charge on any atom is 0.315 e. The Morgan fingerprint density at radius 2 is 2.11 bits per heavy atom. The smallest absolute Gasteiger partial charge is 0.315 e. The predicted molar refractivity (Wildman–Crippen MR) is 71.4 cm³/mol. The number of hydrogen-bond donors (Lipinski definition) is 2. The van der Waals surface area contributed by atoms with E-state index in [1.807, 2.05) is 6.92 Å². The predicted octanol–water partition coefficient (Wildman–Crippen LogP) is 2.73. The van der Waals surface area contributed by atoms with E-state index < -0.39 is 0 Å². The van der Waals surface area contributed by atoms with Gasteiger partial charge in [-0.05, 0) is 52.5 Å². The van der Waals surface area contributed by atoms with Gasteiger partial charge in [-0.15, -0.1) is 5.10 Å². The Balaban J connectivity index is 1.93. The van der Waals surface area contributed by atoms with E-state index in [1.54, 1.807) is 0 Å². The van der Waals surface area contributed by atoms with Gasteiger partial charge in [-0.2, -0.15) is 0 Å². The molecular formula is C13H24N4O. The summed E-state index contributed by atoms with van der Waals surface area (Å²) in [6, 6.07) is 0.643. The van der Waals surface area contributed by atoms with Gasteiger partial charge in [0.15, 0.2) is 0 Å². The van der Waals surface area contributed by atoms with Crippen LogP contribution in [-0.4, -0.2) is 22.3 Å². The first-order chi connectivity index (χ1) is 8.53. The Morgan fingerprint density at radius 1 is 1.39 bits per heavy atom. The zero-order valence-electron chi connectivity index (χ0n) is 11.8. The van der Waals surface area contributed by atoms with Gasteiger partial charge < -0.3 is 15.1 Å². The Labute approximate surface area is 109 Å². The van der Waals surface area contributed by atoms with E-state index in [9.17, 15) is 0 Å². The molecule has 0 spiro atoms. The molecule has 1 aromatic rings. The first kappa shape index (κ1) is 13.3.